The Morgan fingerprint density at radius 1 is 1.44 bits per heavy atom. The maximum atomic E-state index is 4.99. The van der Waals surface area contributed by atoms with Crippen molar-refractivity contribution in [2.45, 2.75) is 39.3 Å². The van der Waals surface area contributed by atoms with Gasteiger partial charge in [-0.1, -0.05) is 6.92 Å². The number of aromatic nitrogens is 4. The van der Waals surface area contributed by atoms with Crippen LogP contribution < -0.4 is 5.32 Å². The highest BCUT2D eigenvalue weighted by atomic mass is 16.5. The summed E-state index contributed by atoms with van der Waals surface area (Å²) in [5.74, 6) is 0.880. The van der Waals surface area contributed by atoms with E-state index < -0.39 is 0 Å². The number of hydrogen-bond acceptors (Lipinski definition) is 5. The summed E-state index contributed by atoms with van der Waals surface area (Å²) in [6.07, 6.45) is 1.02. The fourth-order valence-corrected chi connectivity index (χ4v) is 1.44. The molecule has 1 heterocycles. The standard InChI is InChI=1S/C10H21N5O/c1-5-8(2)15-10(12-13-14-15)9(3)11-6-7-16-4/h8-9,11H,5-7H2,1-4H3. The molecule has 0 amide bonds. The number of nitrogens with zero attached hydrogens (tertiary/aromatic N) is 4. The van der Waals surface area contributed by atoms with Crippen molar-refractivity contribution in [1.29, 1.82) is 0 Å². The van der Waals surface area contributed by atoms with Gasteiger partial charge in [0.2, 0.25) is 0 Å². The molecular weight excluding hydrogens is 206 g/mol. The quantitative estimate of drug-likeness (QED) is 0.702. The lowest BCUT2D eigenvalue weighted by molar-refractivity contribution is 0.195. The predicted molar refractivity (Wildman–Crippen MR) is 61.1 cm³/mol. The molecule has 1 aromatic heterocycles. The van der Waals surface area contributed by atoms with E-state index in [0.717, 1.165) is 18.8 Å². The van der Waals surface area contributed by atoms with Crippen molar-refractivity contribution in [3.63, 3.8) is 0 Å². The Morgan fingerprint density at radius 3 is 2.81 bits per heavy atom. The largest absolute Gasteiger partial charge is 0.383 e. The van der Waals surface area contributed by atoms with Gasteiger partial charge >= 0.3 is 0 Å². The average Bonchev–Trinajstić information content (AvgIpc) is 2.77. The van der Waals surface area contributed by atoms with Gasteiger partial charge in [0.25, 0.3) is 0 Å². The molecule has 0 aromatic carbocycles. The van der Waals surface area contributed by atoms with Crippen LogP contribution in [0.15, 0.2) is 0 Å². The number of methoxy groups -OCH3 is 1. The van der Waals surface area contributed by atoms with Crippen molar-refractivity contribution < 1.29 is 4.74 Å². The summed E-state index contributed by atoms with van der Waals surface area (Å²) in [4.78, 5) is 0. The minimum Gasteiger partial charge on any atom is -0.383 e. The Balaban J connectivity index is 2.60. The van der Waals surface area contributed by atoms with Crippen LogP contribution in [0.3, 0.4) is 0 Å². The van der Waals surface area contributed by atoms with Crippen LogP contribution in [-0.4, -0.2) is 40.5 Å². The lowest BCUT2D eigenvalue weighted by Crippen LogP contribution is -2.26. The minimum atomic E-state index is 0.138. The van der Waals surface area contributed by atoms with Gasteiger partial charge in [0.05, 0.1) is 18.7 Å². The molecule has 16 heavy (non-hydrogen) atoms. The van der Waals surface area contributed by atoms with Crippen molar-refractivity contribution in [1.82, 2.24) is 25.5 Å². The zero-order valence-corrected chi connectivity index (χ0v) is 10.5. The third kappa shape index (κ3) is 3.24. The van der Waals surface area contributed by atoms with E-state index >= 15 is 0 Å². The van der Waals surface area contributed by atoms with Crippen molar-refractivity contribution in [3.05, 3.63) is 5.82 Å². The molecule has 0 saturated heterocycles. The summed E-state index contributed by atoms with van der Waals surface area (Å²) >= 11 is 0. The monoisotopic (exact) mass is 227 g/mol. The first kappa shape index (κ1) is 13.1. The van der Waals surface area contributed by atoms with E-state index in [2.05, 4.69) is 41.6 Å². The molecule has 1 aromatic rings. The van der Waals surface area contributed by atoms with E-state index in [4.69, 9.17) is 4.74 Å². The van der Waals surface area contributed by atoms with E-state index in [1.165, 1.54) is 0 Å². The molecule has 0 fully saturated rings. The molecule has 0 aliphatic heterocycles. The molecule has 6 nitrogen and oxygen atoms in total. The van der Waals surface area contributed by atoms with E-state index in [9.17, 15) is 0 Å². The zero-order chi connectivity index (χ0) is 12.0. The molecule has 0 aliphatic rings. The van der Waals surface area contributed by atoms with E-state index in [-0.39, 0.29) is 6.04 Å². The third-order valence-electron chi connectivity index (χ3n) is 2.67. The second-order valence-electron chi connectivity index (χ2n) is 3.91. The summed E-state index contributed by atoms with van der Waals surface area (Å²) in [7, 11) is 1.69. The summed E-state index contributed by atoms with van der Waals surface area (Å²) in [6.45, 7) is 7.78. The predicted octanol–water partition coefficient (Wildman–Crippen LogP) is 0.941. The smallest absolute Gasteiger partial charge is 0.168 e. The van der Waals surface area contributed by atoms with Gasteiger partial charge < -0.3 is 10.1 Å². The number of rotatable bonds is 7. The molecule has 1 N–H and O–H groups in total. The highest BCUT2D eigenvalue weighted by Crippen LogP contribution is 2.14. The van der Waals surface area contributed by atoms with Gasteiger partial charge in [0, 0.05) is 13.7 Å². The normalized spacial score (nSPS) is 15.0. The Bertz CT molecular complexity index is 301. The van der Waals surface area contributed by atoms with E-state index in [1.807, 2.05) is 4.68 Å². The van der Waals surface area contributed by atoms with E-state index in [1.54, 1.807) is 7.11 Å². The summed E-state index contributed by atoms with van der Waals surface area (Å²) in [5.41, 5.74) is 0. The minimum absolute atomic E-state index is 0.138. The molecule has 0 saturated carbocycles. The maximum Gasteiger partial charge on any atom is 0.168 e. The van der Waals surface area contributed by atoms with Crippen molar-refractivity contribution in [3.8, 4) is 0 Å². The second kappa shape index (κ2) is 6.55. The molecule has 0 radical (unpaired) electrons. The molecule has 0 bridgehead atoms. The van der Waals surface area contributed by atoms with Crippen LogP contribution in [0.25, 0.3) is 0 Å². The molecular formula is C10H21N5O. The average molecular weight is 227 g/mol. The first-order valence-electron chi connectivity index (χ1n) is 5.70. The van der Waals surface area contributed by atoms with E-state index in [0.29, 0.717) is 12.6 Å². The second-order valence-corrected chi connectivity index (χ2v) is 3.91. The fraction of sp³-hybridized carbons (Fsp3) is 0.900. The lowest BCUT2D eigenvalue weighted by Gasteiger charge is -2.16. The first-order valence-corrected chi connectivity index (χ1v) is 5.70. The van der Waals surface area contributed by atoms with Gasteiger partial charge in [-0.2, -0.15) is 0 Å². The molecule has 2 atom stereocenters. The van der Waals surface area contributed by atoms with Crippen LogP contribution >= 0.6 is 0 Å². The van der Waals surface area contributed by atoms with Crippen molar-refractivity contribution >= 4 is 0 Å². The zero-order valence-electron chi connectivity index (χ0n) is 10.5. The first-order chi connectivity index (χ1) is 7.70. The lowest BCUT2D eigenvalue weighted by atomic mass is 10.2. The summed E-state index contributed by atoms with van der Waals surface area (Å²) in [5, 5.41) is 15.1. The Morgan fingerprint density at radius 2 is 2.19 bits per heavy atom. The fourth-order valence-electron chi connectivity index (χ4n) is 1.44. The summed E-state index contributed by atoms with van der Waals surface area (Å²) in [6, 6.07) is 0.468. The molecule has 6 heteroatoms. The van der Waals surface area contributed by atoms with Gasteiger partial charge in [0.1, 0.15) is 0 Å². The Kier molecular flexibility index (Phi) is 5.34. The van der Waals surface area contributed by atoms with Crippen LogP contribution in [0.1, 0.15) is 45.1 Å². The van der Waals surface area contributed by atoms with Crippen LogP contribution in [0.4, 0.5) is 0 Å². The molecule has 92 valence electrons. The SMILES string of the molecule is CCC(C)n1nnnc1C(C)NCCOC. The number of tetrazole rings is 1. The van der Waals surface area contributed by atoms with Gasteiger partial charge in [-0.25, -0.2) is 4.68 Å². The molecule has 1 rings (SSSR count). The van der Waals surface area contributed by atoms with Crippen molar-refractivity contribution in [2.24, 2.45) is 0 Å². The maximum absolute atomic E-state index is 4.99. The number of hydrogen-bond donors (Lipinski definition) is 1. The number of ether oxygens (including phenoxy) is 1. The topological polar surface area (TPSA) is 64.9 Å². The molecule has 0 aliphatic carbocycles. The highest BCUT2D eigenvalue weighted by molar-refractivity contribution is 4.91. The van der Waals surface area contributed by atoms with Crippen LogP contribution in [0.5, 0.6) is 0 Å². The van der Waals surface area contributed by atoms with Gasteiger partial charge in [-0.05, 0) is 30.7 Å². The number of nitrogens with one attached hydrogen (secondary N) is 1. The van der Waals surface area contributed by atoms with Crippen LogP contribution in [0, 0.1) is 0 Å². The van der Waals surface area contributed by atoms with Gasteiger partial charge in [-0.3, -0.25) is 0 Å². The van der Waals surface area contributed by atoms with Crippen LogP contribution in [-0.2, 0) is 4.74 Å². The van der Waals surface area contributed by atoms with Crippen molar-refractivity contribution in [2.75, 3.05) is 20.3 Å². The van der Waals surface area contributed by atoms with Gasteiger partial charge in [-0.15, -0.1) is 5.10 Å². The molecule has 0 spiro atoms. The highest BCUT2D eigenvalue weighted by Gasteiger charge is 2.16. The third-order valence-corrected chi connectivity index (χ3v) is 2.67. The Labute approximate surface area is 96.4 Å². The molecule has 2 unspecified atom stereocenters. The summed E-state index contributed by atoms with van der Waals surface area (Å²) < 4.78 is 6.87. The Hall–Kier alpha value is -1.01. The van der Waals surface area contributed by atoms with Gasteiger partial charge in [0.15, 0.2) is 5.82 Å². The van der Waals surface area contributed by atoms with Crippen LogP contribution in [0.2, 0.25) is 0 Å².